The molecule has 0 aromatic carbocycles. The first-order valence-electron chi connectivity index (χ1n) is 11.8. The van der Waals surface area contributed by atoms with E-state index in [1.807, 2.05) is 21.8 Å². The number of nitrogens with zero attached hydrogens (tertiary/aromatic N) is 3. The number of aromatic nitrogens is 2. The largest absolute Gasteiger partial charge is 0.370 e. The van der Waals surface area contributed by atoms with Gasteiger partial charge in [0.2, 0.25) is 5.91 Å². The summed E-state index contributed by atoms with van der Waals surface area (Å²) in [5.41, 5.74) is 0.846. The highest BCUT2D eigenvalue weighted by molar-refractivity contribution is 5.78. The lowest BCUT2D eigenvalue weighted by Gasteiger charge is -2.34. The van der Waals surface area contributed by atoms with Crippen molar-refractivity contribution in [2.45, 2.75) is 80.7 Å². The van der Waals surface area contributed by atoms with E-state index in [9.17, 15) is 4.79 Å². The Morgan fingerprint density at radius 2 is 1.68 bits per heavy atom. The zero-order valence-corrected chi connectivity index (χ0v) is 21.6. The Bertz CT molecular complexity index is 615. The van der Waals surface area contributed by atoms with Gasteiger partial charge >= 0.3 is 0 Å². The van der Waals surface area contributed by atoms with Gasteiger partial charge < -0.3 is 15.0 Å². The fraction of sp³-hybridized carbons (Fsp3) is 0.840. The Hall–Kier alpha value is -1.40. The van der Waals surface area contributed by atoms with Gasteiger partial charge in [-0.15, -0.1) is 0 Å². The molecule has 1 aromatic heterocycles. The number of hydrogen-bond acceptors (Lipinski definition) is 4. The van der Waals surface area contributed by atoms with Gasteiger partial charge in [-0.25, -0.2) is 0 Å². The molecule has 0 bridgehead atoms. The highest BCUT2D eigenvalue weighted by atomic mass is 16.5. The summed E-state index contributed by atoms with van der Waals surface area (Å²) in [4.78, 5) is 13.2. The molecule has 0 aliphatic carbocycles. The summed E-state index contributed by atoms with van der Waals surface area (Å²) in [6.45, 7) is 24.8. The predicted molar refractivity (Wildman–Crippen MR) is 129 cm³/mol. The number of carbonyl (C=O) groups excluding carboxylic acids is 1. The third-order valence-electron chi connectivity index (χ3n) is 5.50. The Balaban J connectivity index is 0.000000235. The molecule has 3 heterocycles. The number of piperidine rings is 1. The Kier molecular flexibility index (Phi) is 10.7. The normalized spacial score (nSPS) is 18.6. The van der Waals surface area contributed by atoms with Gasteiger partial charge in [0.15, 0.2) is 0 Å². The molecule has 6 heteroatoms. The smallest absolute Gasteiger partial charge is 0.248 e. The molecule has 0 atom stereocenters. The van der Waals surface area contributed by atoms with Crippen LogP contribution in [0.15, 0.2) is 18.5 Å². The van der Waals surface area contributed by atoms with Gasteiger partial charge in [0.1, 0.15) is 6.61 Å². The molecule has 0 spiro atoms. The number of morpholine rings is 1. The minimum absolute atomic E-state index is 0.121. The number of rotatable bonds is 1. The summed E-state index contributed by atoms with van der Waals surface area (Å²) in [5, 5.41) is 7.49. The lowest BCUT2D eigenvalue weighted by molar-refractivity contribution is -0.144. The molecule has 1 N–H and O–H groups in total. The first-order valence-corrected chi connectivity index (χ1v) is 11.8. The first-order chi connectivity index (χ1) is 14.2. The molecule has 3 rings (SSSR count). The maximum absolute atomic E-state index is 11.3. The molecule has 2 fully saturated rings. The molecule has 2 aliphatic heterocycles. The second kappa shape index (κ2) is 12.0. The van der Waals surface area contributed by atoms with Gasteiger partial charge in [-0.3, -0.25) is 9.48 Å². The quantitative estimate of drug-likeness (QED) is 0.701. The highest BCUT2D eigenvalue weighted by Gasteiger charge is 2.25. The molecule has 2 aliphatic rings. The van der Waals surface area contributed by atoms with Crippen LogP contribution in [0.3, 0.4) is 0 Å². The van der Waals surface area contributed by atoms with Crippen molar-refractivity contribution < 1.29 is 9.53 Å². The molecule has 1 aromatic rings. The summed E-state index contributed by atoms with van der Waals surface area (Å²) in [7, 11) is 0. The van der Waals surface area contributed by atoms with E-state index in [-0.39, 0.29) is 23.5 Å². The molecular formula is C25H48N4O2. The summed E-state index contributed by atoms with van der Waals surface area (Å²) in [5.74, 6) is 1.06. The molecule has 6 nitrogen and oxygen atoms in total. The fourth-order valence-electron chi connectivity index (χ4n) is 3.64. The predicted octanol–water partition coefficient (Wildman–Crippen LogP) is 4.56. The van der Waals surface area contributed by atoms with Gasteiger partial charge in [-0.1, -0.05) is 41.5 Å². The molecule has 1 amide bonds. The second-order valence-electron chi connectivity index (χ2n) is 11.9. The van der Waals surface area contributed by atoms with Crippen LogP contribution in [0.4, 0.5) is 0 Å². The highest BCUT2D eigenvalue weighted by Crippen LogP contribution is 2.32. The van der Waals surface area contributed by atoms with Gasteiger partial charge in [-0.2, -0.15) is 5.10 Å². The van der Waals surface area contributed by atoms with Crippen LogP contribution < -0.4 is 5.32 Å². The van der Waals surface area contributed by atoms with E-state index in [1.54, 1.807) is 6.20 Å². The maximum Gasteiger partial charge on any atom is 0.248 e. The van der Waals surface area contributed by atoms with Crippen LogP contribution in [0.5, 0.6) is 0 Å². The lowest BCUT2D eigenvalue weighted by Crippen LogP contribution is -2.45. The van der Waals surface area contributed by atoms with Crippen LogP contribution >= 0.6 is 0 Å². The maximum atomic E-state index is 11.3. The van der Waals surface area contributed by atoms with Gasteiger partial charge in [0.25, 0.3) is 0 Å². The second-order valence-corrected chi connectivity index (χ2v) is 11.9. The van der Waals surface area contributed by atoms with E-state index in [1.165, 1.54) is 25.9 Å². The topological polar surface area (TPSA) is 59.4 Å². The summed E-state index contributed by atoms with van der Waals surface area (Å²) in [6, 6.07) is 1.94. The molecule has 2 saturated heterocycles. The number of ether oxygens (including phenoxy) is 1. The molecule has 0 saturated carbocycles. The van der Waals surface area contributed by atoms with Gasteiger partial charge in [0, 0.05) is 25.5 Å². The van der Waals surface area contributed by atoms with E-state index in [2.05, 4.69) is 72.7 Å². The minimum Gasteiger partial charge on any atom is -0.370 e. The Morgan fingerprint density at radius 1 is 1.06 bits per heavy atom. The van der Waals surface area contributed by atoms with Crippen LogP contribution in [-0.4, -0.2) is 60.0 Å². The van der Waals surface area contributed by atoms with Crippen molar-refractivity contribution in [1.29, 1.82) is 0 Å². The number of amides is 1. The third-order valence-corrected chi connectivity index (χ3v) is 5.50. The summed E-state index contributed by atoms with van der Waals surface area (Å²) >= 11 is 0. The number of hydrogen-bond donors (Lipinski definition) is 1. The van der Waals surface area contributed by atoms with Gasteiger partial charge in [-0.05, 0) is 69.5 Å². The van der Waals surface area contributed by atoms with Crippen molar-refractivity contribution in [3.05, 3.63) is 18.5 Å². The molecule has 180 valence electrons. The van der Waals surface area contributed by atoms with Crippen LogP contribution in [0.2, 0.25) is 0 Å². The van der Waals surface area contributed by atoms with E-state index in [0.29, 0.717) is 12.0 Å². The average Bonchev–Trinajstić information content (AvgIpc) is 3.19. The van der Waals surface area contributed by atoms with Crippen molar-refractivity contribution in [2.75, 3.05) is 39.4 Å². The van der Waals surface area contributed by atoms with Crippen molar-refractivity contribution in [3.8, 4) is 0 Å². The van der Waals surface area contributed by atoms with Crippen LogP contribution in [0, 0.1) is 16.7 Å². The molecule has 0 radical (unpaired) electrons. The minimum atomic E-state index is 0.121. The number of carbonyl (C=O) groups is 1. The zero-order chi connectivity index (χ0) is 23.7. The molecule has 31 heavy (non-hydrogen) atoms. The first kappa shape index (κ1) is 27.6. The summed E-state index contributed by atoms with van der Waals surface area (Å²) in [6.07, 6.45) is 6.50. The van der Waals surface area contributed by atoms with E-state index in [0.717, 1.165) is 19.0 Å². The third kappa shape index (κ3) is 11.7. The van der Waals surface area contributed by atoms with Crippen molar-refractivity contribution in [3.63, 3.8) is 0 Å². The van der Waals surface area contributed by atoms with Crippen LogP contribution in [0.25, 0.3) is 0 Å². The van der Waals surface area contributed by atoms with Crippen LogP contribution in [-0.2, 0) is 15.1 Å². The monoisotopic (exact) mass is 436 g/mol. The SMILES string of the molecule is CC(C)(C)C1CCNCC1.CC(C)(C)CN1CCOCC1=O.CC(C)(C)n1cccn1. The van der Waals surface area contributed by atoms with E-state index < -0.39 is 0 Å². The molecular weight excluding hydrogens is 388 g/mol. The lowest BCUT2D eigenvalue weighted by atomic mass is 9.76. The van der Waals surface area contributed by atoms with Gasteiger partial charge in [0.05, 0.1) is 12.1 Å². The molecule has 0 unspecified atom stereocenters. The average molecular weight is 437 g/mol. The van der Waals surface area contributed by atoms with E-state index in [4.69, 9.17) is 4.74 Å². The van der Waals surface area contributed by atoms with Crippen molar-refractivity contribution in [2.24, 2.45) is 16.7 Å². The van der Waals surface area contributed by atoms with Crippen LogP contribution in [0.1, 0.15) is 75.2 Å². The summed E-state index contributed by atoms with van der Waals surface area (Å²) < 4.78 is 6.97. The van der Waals surface area contributed by atoms with Crippen molar-refractivity contribution in [1.82, 2.24) is 20.0 Å². The zero-order valence-electron chi connectivity index (χ0n) is 21.6. The Labute approximate surface area is 191 Å². The number of nitrogens with one attached hydrogen (secondary N) is 1. The fourth-order valence-corrected chi connectivity index (χ4v) is 3.64. The Morgan fingerprint density at radius 3 is 2.03 bits per heavy atom. The van der Waals surface area contributed by atoms with E-state index >= 15 is 0 Å². The standard InChI is InChI=1S/C9H17NO2.C9H19N.C7H12N2/c1-9(2,3)7-10-4-5-12-6-8(10)11;1-9(2,3)8-4-6-10-7-5-8;1-7(2,3)9-6-4-5-8-9/h4-7H2,1-3H3;8,10H,4-7H2,1-3H3;4-6H,1-3H3. The van der Waals surface area contributed by atoms with Crippen molar-refractivity contribution >= 4 is 5.91 Å².